The molecule has 0 spiro atoms. The Morgan fingerprint density at radius 1 is 1.11 bits per heavy atom. The van der Waals surface area contributed by atoms with Crippen LogP contribution >= 0.6 is 0 Å². The maximum atomic E-state index is 11.6. The van der Waals surface area contributed by atoms with Gasteiger partial charge in [-0.3, -0.25) is 4.90 Å². The van der Waals surface area contributed by atoms with Crippen LogP contribution in [0.4, 0.5) is 4.79 Å². The van der Waals surface area contributed by atoms with Crippen molar-refractivity contribution in [2.24, 2.45) is 0 Å². The summed E-state index contributed by atoms with van der Waals surface area (Å²) in [4.78, 5) is 16.0. The molecule has 2 saturated heterocycles. The number of methoxy groups -OCH3 is 1. The SMILES string of the molecule is COC(=O)N1CCCC(NC2CCN(C3CC3)C2)C1. The number of hydrogen-bond donors (Lipinski definition) is 1. The van der Waals surface area contributed by atoms with Crippen molar-refractivity contribution in [3.63, 3.8) is 0 Å². The second-order valence-electron chi connectivity index (χ2n) is 6.13. The van der Waals surface area contributed by atoms with Crippen LogP contribution < -0.4 is 5.32 Å². The molecule has 5 heteroatoms. The number of nitrogens with one attached hydrogen (secondary N) is 1. The second kappa shape index (κ2) is 5.67. The third-order valence-electron chi connectivity index (χ3n) is 4.61. The molecule has 0 aromatic carbocycles. The van der Waals surface area contributed by atoms with Gasteiger partial charge < -0.3 is 15.0 Å². The smallest absolute Gasteiger partial charge is 0.409 e. The Morgan fingerprint density at radius 3 is 2.63 bits per heavy atom. The molecular weight excluding hydrogens is 242 g/mol. The fourth-order valence-corrected chi connectivity index (χ4v) is 3.44. The van der Waals surface area contributed by atoms with Gasteiger partial charge in [-0.05, 0) is 32.1 Å². The highest BCUT2D eigenvalue weighted by Gasteiger charge is 2.35. The molecule has 0 aromatic heterocycles. The average molecular weight is 267 g/mol. The van der Waals surface area contributed by atoms with Crippen molar-refractivity contribution < 1.29 is 9.53 Å². The van der Waals surface area contributed by atoms with Gasteiger partial charge in [0, 0.05) is 44.3 Å². The van der Waals surface area contributed by atoms with Gasteiger partial charge in [0.15, 0.2) is 0 Å². The summed E-state index contributed by atoms with van der Waals surface area (Å²) in [5, 5.41) is 3.75. The number of carbonyl (C=O) groups excluding carboxylic acids is 1. The first-order chi connectivity index (χ1) is 9.26. The van der Waals surface area contributed by atoms with Crippen LogP contribution in [-0.2, 0) is 4.74 Å². The third kappa shape index (κ3) is 3.20. The van der Waals surface area contributed by atoms with Gasteiger partial charge in [-0.15, -0.1) is 0 Å². The predicted molar refractivity (Wildman–Crippen MR) is 73.1 cm³/mol. The molecule has 0 radical (unpaired) electrons. The molecule has 2 aliphatic heterocycles. The Balaban J connectivity index is 1.45. The maximum Gasteiger partial charge on any atom is 0.409 e. The van der Waals surface area contributed by atoms with Crippen LogP contribution in [0.15, 0.2) is 0 Å². The quantitative estimate of drug-likeness (QED) is 0.830. The molecule has 2 unspecified atom stereocenters. The van der Waals surface area contributed by atoms with Gasteiger partial charge >= 0.3 is 6.09 Å². The lowest BCUT2D eigenvalue weighted by atomic mass is 10.0. The predicted octanol–water partition coefficient (Wildman–Crippen LogP) is 1.04. The number of piperidine rings is 1. The van der Waals surface area contributed by atoms with Crippen LogP contribution in [0.5, 0.6) is 0 Å². The zero-order valence-corrected chi connectivity index (χ0v) is 11.8. The fourth-order valence-electron chi connectivity index (χ4n) is 3.44. The highest BCUT2D eigenvalue weighted by molar-refractivity contribution is 5.67. The normalized spacial score (nSPS) is 32.6. The van der Waals surface area contributed by atoms with Gasteiger partial charge in [0.05, 0.1) is 7.11 Å². The molecule has 3 fully saturated rings. The van der Waals surface area contributed by atoms with E-state index in [1.807, 2.05) is 4.90 Å². The summed E-state index contributed by atoms with van der Waals surface area (Å²) in [5.74, 6) is 0. The van der Waals surface area contributed by atoms with Gasteiger partial charge in [-0.1, -0.05) is 0 Å². The monoisotopic (exact) mass is 267 g/mol. The van der Waals surface area contributed by atoms with Crippen molar-refractivity contribution in [2.45, 2.75) is 50.2 Å². The van der Waals surface area contributed by atoms with E-state index in [9.17, 15) is 4.79 Å². The lowest BCUT2D eigenvalue weighted by Crippen LogP contribution is -2.51. The van der Waals surface area contributed by atoms with E-state index in [1.165, 1.54) is 45.9 Å². The molecule has 1 amide bonds. The lowest BCUT2D eigenvalue weighted by Gasteiger charge is -2.33. The molecule has 3 rings (SSSR count). The Kier molecular flexibility index (Phi) is 3.93. The number of carbonyl (C=O) groups is 1. The molecule has 0 bridgehead atoms. The van der Waals surface area contributed by atoms with Gasteiger partial charge in [0.1, 0.15) is 0 Å². The minimum absolute atomic E-state index is 0.183. The van der Waals surface area contributed by atoms with Gasteiger partial charge in [-0.25, -0.2) is 4.79 Å². The van der Waals surface area contributed by atoms with Crippen molar-refractivity contribution in [3.8, 4) is 0 Å². The first-order valence-corrected chi connectivity index (χ1v) is 7.59. The standard InChI is InChI=1S/C14H25N3O2/c1-19-14(18)17-7-2-3-11(10-17)15-12-6-8-16(9-12)13-4-5-13/h11-13,15H,2-10H2,1H3. The first kappa shape index (κ1) is 13.2. The summed E-state index contributed by atoms with van der Waals surface area (Å²) >= 11 is 0. The minimum atomic E-state index is -0.183. The average Bonchev–Trinajstić information content (AvgIpc) is 3.19. The summed E-state index contributed by atoms with van der Waals surface area (Å²) in [6, 6.07) is 1.94. The van der Waals surface area contributed by atoms with E-state index in [-0.39, 0.29) is 6.09 Å². The summed E-state index contributed by atoms with van der Waals surface area (Å²) < 4.78 is 4.82. The summed E-state index contributed by atoms with van der Waals surface area (Å²) in [6.45, 7) is 4.07. The maximum absolute atomic E-state index is 11.6. The number of likely N-dealkylation sites (tertiary alicyclic amines) is 2. The highest BCUT2D eigenvalue weighted by atomic mass is 16.5. The fraction of sp³-hybridized carbons (Fsp3) is 0.929. The second-order valence-corrected chi connectivity index (χ2v) is 6.13. The third-order valence-corrected chi connectivity index (χ3v) is 4.61. The molecule has 2 heterocycles. The summed E-state index contributed by atoms with van der Waals surface area (Å²) in [6.07, 6.45) is 6.11. The van der Waals surface area contributed by atoms with Crippen LogP contribution in [0, 0.1) is 0 Å². The topological polar surface area (TPSA) is 44.8 Å². The number of amides is 1. The van der Waals surface area contributed by atoms with E-state index >= 15 is 0 Å². The summed E-state index contributed by atoms with van der Waals surface area (Å²) in [7, 11) is 1.46. The Hall–Kier alpha value is -0.810. The van der Waals surface area contributed by atoms with Crippen molar-refractivity contribution in [3.05, 3.63) is 0 Å². The van der Waals surface area contributed by atoms with E-state index in [1.54, 1.807) is 0 Å². The van der Waals surface area contributed by atoms with Crippen LogP contribution in [0.1, 0.15) is 32.1 Å². The molecule has 3 aliphatic rings. The molecular formula is C14H25N3O2. The van der Waals surface area contributed by atoms with Crippen molar-refractivity contribution in [1.29, 1.82) is 0 Å². The summed E-state index contributed by atoms with van der Waals surface area (Å²) in [5.41, 5.74) is 0. The van der Waals surface area contributed by atoms with Gasteiger partial charge in [0.25, 0.3) is 0 Å². The molecule has 108 valence electrons. The number of rotatable bonds is 3. The van der Waals surface area contributed by atoms with E-state index in [4.69, 9.17) is 4.74 Å². The van der Waals surface area contributed by atoms with Crippen molar-refractivity contribution in [1.82, 2.24) is 15.1 Å². The molecule has 1 N–H and O–H groups in total. The highest BCUT2D eigenvalue weighted by Crippen LogP contribution is 2.30. The lowest BCUT2D eigenvalue weighted by molar-refractivity contribution is 0.106. The number of hydrogen-bond acceptors (Lipinski definition) is 4. The molecule has 1 saturated carbocycles. The molecule has 2 atom stereocenters. The molecule has 5 nitrogen and oxygen atoms in total. The molecule has 0 aromatic rings. The molecule has 1 aliphatic carbocycles. The number of nitrogens with zero attached hydrogens (tertiary/aromatic N) is 2. The minimum Gasteiger partial charge on any atom is -0.453 e. The molecule has 19 heavy (non-hydrogen) atoms. The van der Waals surface area contributed by atoms with Crippen LogP contribution in [-0.4, -0.2) is 67.3 Å². The van der Waals surface area contributed by atoms with Crippen LogP contribution in [0.2, 0.25) is 0 Å². The zero-order chi connectivity index (χ0) is 13.2. The van der Waals surface area contributed by atoms with Crippen molar-refractivity contribution in [2.75, 3.05) is 33.3 Å². The van der Waals surface area contributed by atoms with E-state index in [2.05, 4.69) is 10.2 Å². The van der Waals surface area contributed by atoms with E-state index < -0.39 is 0 Å². The Morgan fingerprint density at radius 2 is 1.89 bits per heavy atom. The zero-order valence-electron chi connectivity index (χ0n) is 11.8. The first-order valence-electron chi connectivity index (χ1n) is 7.59. The van der Waals surface area contributed by atoms with E-state index in [0.29, 0.717) is 12.1 Å². The van der Waals surface area contributed by atoms with Crippen LogP contribution in [0.25, 0.3) is 0 Å². The Labute approximate surface area is 115 Å². The van der Waals surface area contributed by atoms with Crippen molar-refractivity contribution >= 4 is 6.09 Å². The number of ether oxygens (including phenoxy) is 1. The van der Waals surface area contributed by atoms with Crippen LogP contribution in [0.3, 0.4) is 0 Å². The van der Waals surface area contributed by atoms with Gasteiger partial charge in [0.2, 0.25) is 0 Å². The Bertz CT molecular complexity index is 333. The largest absolute Gasteiger partial charge is 0.453 e. The van der Waals surface area contributed by atoms with Gasteiger partial charge in [-0.2, -0.15) is 0 Å². The van der Waals surface area contributed by atoms with E-state index in [0.717, 1.165) is 25.6 Å².